The SMILES string of the molecule is CCCCCC(=O)N1CCN(c2ccc(S(=O)(=O)N(CC)CC)cc2[N+](=O)[O-])CC1. The van der Waals surface area contributed by atoms with Crippen LogP contribution in [0.2, 0.25) is 0 Å². The highest BCUT2D eigenvalue weighted by molar-refractivity contribution is 7.89. The largest absolute Gasteiger partial charge is 0.362 e. The maximum absolute atomic E-state index is 12.7. The number of anilines is 1. The molecule has 0 saturated carbocycles. The Bertz CT molecular complexity index is 847. The minimum absolute atomic E-state index is 0.0774. The molecule has 9 nitrogen and oxygen atoms in total. The zero-order chi connectivity index (χ0) is 22.3. The Balaban J connectivity index is 2.17. The van der Waals surface area contributed by atoms with E-state index in [0.29, 0.717) is 51.4 Å². The number of carbonyl (C=O) groups is 1. The lowest BCUT2D eigenvalue weighted by Gasteiger charge is -2.36. The first kappa shape index (κ1) is 24.1. The summed E-state index contributed by atoms with van der Waals surface area (Å²) in [6, 6.07) is 4.08. The molecule has 0 bridgehead atoms. The van der Waals surface area contributed by atoms with Gasteiger partial charge in [0.25, 0.3) is 5.69 Å². The van der Waals surface area contributed by atoms with Crippen molar-refractivity contribution in [1.29, 1.82) is 0 Å². The van der Waals surface area contributed by atoms with Crippen molar-refractivity contribution in [2.24, 2.45) is 0 Å². The highest BCUT2D eigenvalue weighted by Crippen LogP contribution is 2.32. The fraction of sp³-hybridized carbons (Fsp3) is 0.650. The van der Waals surface area contributed by atoms with Gasteiger partial charge in [-0.15, -0.1) is 0 Å². The minimum Gasteiger partial charge on any atom is -0.362 e. The Morgan fingerprint density at radius 3 is 2.27 bits per heavy atom. The first-order valence-electron chi connectivity index (χ1n) is 10.6. The van der Waals surface area contributed by atoms with Crippen molar-refractivity contribution in [1.82, 2.24) is 9.21 Å². The van der Waals surface area contributed by atoms with Crippen molar-refractivity contribution in [3.8, 4) is 0 Å². The van der Waals surface area contributed by atoms with Gasteiger partial charge in [-0.25, -0.2) is 8.42 Å². The van der Waals surface area contributed by atoms with E-state index in [1.807, 2.05) is 4.90 Å². The Labute approximate surface area is 178 Å². The lowest BCUT2D eigenvalue weighted by Crippen LogP contribution is -2.48. The molecule has 0 spiro atoms. The van der Waals surface area contributed by atoms with E-state index in [4.69, 9.17) is 0 Å². The molecule has 1 fully saturated rings. The second-order valence-electron chi connectivity index (χ2n) is 7.32. The Kier molecular flexibility index (Phi) is 8.60. The minimum atomic E-state index is -3.78. The average molecular weight is 441 g/mol. The summed E-state index contributed by atoms with van der Waals surface area (Å²) >= 11 is 0. The van der Waals surface area contributed by atoms with Gasteiger partial charge in [-0.05, 0) is 18.6 Å². The van der Waals surface area contributed by atoms with Crippen LogP contribution in [-0.2, 0) is 14.8 Å². The average Bonchev–Trinajstić information content (AvgIpc) is 2.74. The van der Waals surface area contributed by atoms with Crippen LogP contribution in [-0.4, -0.2) is 67.7 Å². The third kappa shape index (κ3) is 5.48. The molecular formula is C20H32N4O5S. The van der Waals surface area contributed by atoms with E-state index in [1.165, 1.54) is 16.4 Å². The van der Waals surface area contributed by atoms with Crippen LogP contribution in [0, 0.1) is 10.1 Å². The molecule has 1 saturated heterocycles. The summed E-state index contributed by atoms with van der Waals surface area (Å²) in [6.45, 7) is 8.09. The molecule has 1 heterocycles. The molecule has 1 aromatic rings. The fourth-order valence-electron chi connectivity index (χ4n) is 3.67. The standard InChI is InChI=1S/C20H32N4O5S/c1-4-7-8-9-20(25)22-14-12-21(13-15-22)18-11-10-17(16-19(18)24(26)27)30(28,29)23(5-2)6-3/h10-11,16H,4-9,12-15H2,1-3H3. The van der Waals surface area contributed by atoms with E-state index in [2.05, 4.69) is 6.92 Å². The monoisotopic (exact) mass is 440 g/mol. The lowest BCUT2D eigenvalue weighted by atomic mass is 10.1. The van der Waals surface area contributed by atoms with Crippen molar-refractivity contribution >= 4 is 27.3 Å². The van der Waals surface area contributed by atoms with Gasteiger partial charge in [-0.3, -0.25) is 14.9 Å². The van der Waals surface area contributed by atoms with Crippen LogP contribution in [0.4, 0.5) is 11.4 Å². The lowest BCUT2D eigenvalue weighted by molar-refractivity contribution is -0.384. The molecule has 30 heavy (non-hydrogen) atoms. The van der Waals surface area contributed by atoms with E-state index >= 15 is 0 Å². The maximum atomic E-state index is 12.7. The number of hydrogen-bond acceptors (Lipinski definition) is 6. The summed E-state index contributed by atoms with van der Waals surface area (Å²) in [5, 5.41) is 11.7. The molecule has 0 aliphatic carbocycles. The summed E-state index contributed by atoms with van der Waals surface area (Å²) in [7, 11) is -3.78. The van der Waals surface area contributed by atoms with Crippen LogP contribution in [0.15, 0.2) is 23.1 Å². The summed E-state index contributed by atoms with van der Waals surface area (Å²) in [5.74, 6) is 0.123. The summed E-state index contributed by atoms with van der Waals surface area (Å²) in [6.07, 6.45) is 3.50. The van der Waals surface area contributed by atoms with Crippen LogP contribution in [0.5, 0.6) is 0 Å². The van der Waals surface area contributed by atoms with Crippen molar-refractivity contribution in [2.45, 2.75) is 51.3 Å². The molecule has 10 heteroatoms. The normalized spacial score (nSPS) is 14.9. The fourth-order valence-corrected chi connectivity index (χ4v) is 5.15. The number of sulfonamides is 1. The third-order valence-corrected chi connectivity index (χ3v) is 7.50. The molecule has 0 atom stereocenters. The van der Waals surface area contributed by atoms with Crippen LogP contribution in [0.25, 0.3) is 0 Å². The highest BCUT2D eigenvalue weighted by Gasteiger charge is 2.29. The Hall–Kier alpha value is -2.20. The van der Waals surface area contributed by atoms with Crippen molar-refractivity contribution in [3.05, 3.63) is 28.3 Å². The first-order chi connectivity index (χ1) is 14.3. The zero-order valence-corrected chi connectivity index (χ0v) is 18.9. The van der Waals surface area contributed by atoms with Crippen LogP contribution in [0.1, 0.15) is 46.5 Å². The Morgan fingerprint density at radius 1 is 1.10 bits per heavy atom. The van der Waals surface area contributed by atoms with E-state index in [0.717, 1.165) is 25.3 Å². The number of nitro groups is 1. The van der Waals surface area contributed by atoms with E-state index in [-0.39, 0.29) is 16.5 Å². The van der Waals surface area contributed by atoms with E-state index in [1.54, 1.807) is 18.7 Å². The van der Waals surface area contributed by atoms with Crippen molar-refractivity contribution in [3.63, 3.8) is 0 Å². The zero-order valence-electron chi connectivity index (χ0n) is 18.0. The predicted octanol–water partition coefficient (Wildman–Crippen LogP) is 2.85. The van der Waals surface area contributed by atoms with E-state index in [9.17, 15) is 23.3 Å². The maximum Gasteiger partial charge on any atom is 0.293 e. The molecular weight excluding hydrogens is 408 g/mol. The number of hydrogen-bond donors (Lipinski definition) is 0. The molecule has 0 radical (unpaired) electrons. The number of benzene rings is 1. The van der Waals surface area contributed by atoms with E-state index < -0.39 is 14.9 Å². The molecule has 0 unspecified atom stereocenters. The summed E-state index contributed by atoms with van der Waals surface area (Å²) in [5.41, 5.74) is 0.155. The van der Waals surface area contributed by atoms with Gasteiger partial charge in [0.1, 0.15) is 5.69 Å². The van der Waals surface area contributed by atoms with Crippen LogP contribution < -0.4 is 4.90 Å². The number of piperazine rings is 1. The highest BCUT2D eigenvalue weighted by atomic mass is 32.2. The molecule has 0 aromatic heterocycles. The van der Waals surface area contributed by atoms with Gasteiger partial charge in [0, 0.05) is 51.8 Å². The van der Waals surface area contributed by atoms with Gasteiger partial charge in [0.05, 0.1) is 9.82 Å². The van der Waals surface area contributed by atoms with Crippen LogP contribution in [0.3, 0.4) is 0 Å². The molecule has 168 valence electrons. The third-order valence-electron chi connectivity index (χ3n) is 5.45. The number of rotatable bonds is 10. The van der Waals surface area contributed by atoms with Crippen LogP contribution >= 0.6 is 0 Å². The topological polar surface area (TPSA) is 104 Å². The number of unbranched alkanes of at least 4 members (excludes halogenated alkanes) is 2. The molecule has 1 amide bonds. The summed E-state index contributed by atoms with van der Waals surface area (Å²) in [4.78, 5) is 27.0. The summed E-state index contributed by atoms with van der Waals surface area (Å²) < 4.78 is 26.7. The van der Waals surface area contributed by atoms with Gasteiger partial charge in [-0.1, -0.05) is 33.6 Å². The first-order valence-corrected chi connectivity index (χ1v) is 12.0. The van der Waals surface area contributed by atoms with Gasteiger partial charge >= 0.3 is 0 Å². The van der Waals surface area contributed by atoms with Gasteiger partial charge in [0.15, 0.2) is 0 Å². The smallest absolute Gasteiger partial charge is 0.293 e. The van der Waals surface area contributed by atoms with Gasteiger partial charge < -0.3 is 9.80 Å². The molecule has 1 aromatic carbocycles. The molecule has 2 rings (SSSR count). The van der Waals surface area contributed by atoms with Crippen molar-refractivity contribution in [2.75, 3.05) is 44.2 Å². The molecule has 1 aliphatic heterocycles. The quantitative estimate of drug-likeness (QED) is 0.315. The van der Waals surface area contributed by atoms with Gasteiger partial charge in [0.2, 0.25) is 15.9 Å². The molecule has 1 aliphatic rings. The Morgan fingerprint density at radius 2 is 1.73 bits per heavy atom. The number of carbonyl (C=O) groups excluding carboxylic acids is 1. The second-order valence-corrected chi connectivity index (χ2v) is 9.26. The number of nitro benzene ring substituents is 1. The molecule has 0 N–H and O–H groups in total. The van der Waals surface area contributed by atoms with Gasteiger partial charge in [-0.2, -0.15) is 4.31 Å². The number of nitrogens with zero attached hydrogens (tertiary/aromatic N) is 4. The second kappa shape index (κ2) is 10.7. The predicted molar refractivity (Wildman–Crippen MR) is 116 cm³/mol. The number of amides is 1. The van der Waals surface area contributed by atoms with Crippen molar-refractivity contribution < 1.29 is 18.1 Å².